The highest BCUT2D eigenvalue weighted by molar-refractivity contribution is 6.06. The Morgan fingerprint density at radius 3 is 2.64 bits per heavy atom. The Kier molecular flexibility index (Phi) is 4.45. The van der Waals surface area contributed by atoms with Crippen LogP contribution in [0.2, 0.25) is 0 Å². The Morgan fingerprint density at radius 1 is 1.36 bits per heavy atom. The fourth-order valence-corrected chi connectivity index (χ4v) is 3.98. The highest BCUT2D eigenvalue weighted by Crippen LogP contribution is 2.57. The maximum Gasteiger partial charge on any atom is 0.320 e. The number of ketones is 1. The molecule has 0 unspecified atom stereocenters. The van der Waals surface area contributed by atoms with E-state index in [0.717, 1.165) is 5.57 Å². The highest BCUT2D eigenvalue weighted by atomic mass is 16.5. The zero-order chi connectivity index (χ0) is 16.5. The van der Waals surface area contributed by atoms with E-state index in [1.165, 1.54) is 7.11 Å². The van der Waals surface area contributed by atoms with E-state index in [-0.39, 0.29) is 24.8 Å². The minimum absolute atomic E-state index is 0.110. The molecular weight excluding hydrogens is 284 g/mol. The molecule has 0 radical (unpaired) electrons. The summed E-state index contributed by atoms with van der Waals surface area (Å²) in [5, 5.41) is 0. The third kappa shape index (κ3) is 2.27. The molecule has 1 fully saturated rings. The van der Waals surface area contributed by atoms with Gasteiger partial charge in [0.25, 0.3) is 0 Å². The van der Waals surface area contributed by atoms with E-state index in [0.29, 0.717) is 19.3 Å². The van der Waals surface area contributed by atoms with E-state index < -0.39 is 22.7 Å². The first-order valence-corrected chi connectivity index (χ1v) is 7.77. The van der Waals surface area contributed by atoms with Gasteiger partial charge in [0.2, 0.25) is 0 Å². The Balaban J connectivity index is 2.56. The first kappa shape index (κ1) is 16.7. The second kappa shape index (κ2) is 5.86. The number of hydrogen-bond donors (Lipinski definition) is 0. The Morgan fingerprint density at radius 2 is 2.05 bits per heavy atom. The van der Waals surface area contributed by atoms with Crippen LogP contribution in [0.5, 0.6) is 0 Å². The van der Waals surface area contributed by atoms with Gasteiger partial charge in [0.1, 0.15) is 5.41 Å². The van der Waals surface area contributed by atoms with E-state index >= 15 is 0 Å². The van der Waals surface area contributed by atoms with Gasteiger partial charge < -0.3 is 9.47 Å². The first-order chi connectivity index (χ1) is 10.3. The molecule has 5 nitrogen and oxygen atoms in total. The van der Waals surface area contributed by atoms with Gasteiger partial charge in [0.15, 0.2) is 5.78 Å². The number of carbonyl (C=O) groups excluding carboxylic acids is 3. The third-order valence-electron chi connectivity index (χ3n) is 5.32. The predicted molar refractivity (Wildman–Crippen MR) is 79.9 cm³/mol. The number of rotatable bonds is 3. The molecular formula is C17H24O5. The van der Waals surface area contributed by atoms with E-state index in [1.54, 1.807) is 6.92 Å². The van der Waals surface area contributed by atoms with E-state index in [2.05, 4.69) is 0 Å². The zero-order valence-corrected chi connectivity index (χ0v) is 13.7. The topological polar surface area (TPSA) is 69.7 Å². The first-order valence-electron chi connectivity index (χ1n) is 7.77. The van der Waals surface area contributed by atoms with E-state index in [9.17, 15) is 14.4 Å². The lowest BCUT2D eigenvalue weighted by Crippen LogP contribution is -2.59. The lowest BCUT2D eigenvalue weighted by Gasteiger charge is -2.50. The van der Waals surface area contributed by atoms with E-state index in [4.69, 9.17) is 9.47 Å². The van der Waals surface area contributed by atoms with Crippen molar-refractivity contribution >= 4 is 17.7 Å². The molecule has 0 bridgehead atoms. The van der Waals surface area contributed by atoms with Crippen molar-refractivity contribution in [3.05, 3.63) is 11.6 Å². The summed E-state index contributed by atoms with van der Waals surface area (Å²) in [4.78, 5) is 37.7. The lowest BCUT2D eigenvalue weighted by molar-refractivity contribution is -0.181. The van der Waals surface area contributed by atoms with Crippen LogP contribution in [0.4, 0.5) is 0 Å². The summed E-state index contributed by atoms with van der Waals surface area (Å²) in [6, 6.07) is 0. The summed E-state index contributed by atoms with van der Waals surface area (Å²) in [6.07, 6.45) is 3.39. The molecule has 0 heterocycles. The van der Waals surface area contributed by atoms with Crippen molar-refractivity contribution < 1.29 is 23.9 Å². The molecule has 0 aromatic heterocycles. The molecule has 2 aliphatic rings. The molecule has 2 rings (SSSR count). The van der Waals surface area contributed by atoms with Crippen molar-refractivity contribution in [3.8, 4) is 0 Å². The van der Waals surface area contributed by atoms with Crippen LogP contribution in [-0.4, -0.2) is 31.4 Å². The number of methoxy groups -OCH3 is 1. The normalized spacial score (nSPS) is 34.5. The Labute approximate surface area is 131 Å². The molecule has 0 spiro atoms. The van der Waals surface area contributed by atoms with Gasteiger partial charge in [-0.15, -0.1) is 0 Å². The molecule has 0 amide bonds. The molecule has 0 aliphatic heterocycles. The SMILES string of the molecule is CCOC(=O)[C@]12CC=C(C)C[C@H]1[C@](C)(C(=O)OC)CCC2=O. The minimum Gasteiger partial charge on any atom is -0.469 e. The fourth-order valence-electron chi connectivity index (χ4n) is 3.98. The minimum atomic E-state index is -1.24. The second-order valence-corrected chi connectivity index (χ2v) is 6.54. The second-order valence-electron chi connectivity index (χ2n) is 6.54. The average molecular weight is 308 g/mol. The summed E-state index contributed by atoms with van der Waals surface area (Å²) in [5.41, 5.74) is -0.989. The number of fused-ring (bicyclic) bond motifs is 1. The Hall–Kier alpha value is -1.65. The maximum absolute atomic E-state index is 12.7. The average Bonchev–Trinajstić information content (AvgIpc) is 2.50. The number of esters is 2. The quantitative estimate of drug-likeness (QED) is 0.455. The van der Waals surface area contributed by atoms with Crippen molar-refractivity contribution in [2.24, 2.45) is 16.7 Å². The summed E-state index contributed by atoms with van der Waals surface area (Å²) in [6.45, 7) is 5.72. The van der Waals surface area contributed by atoms with Gasteiger partial charge in [-0.25, -0.2) is 0 Å². The van der Waals surface area contributed by atoms with Crippen molar-refractivity contribution in [1.29, 1.82) is 0 Å². The van der Waals surface area contributed by atoms with Crippen molar-refractivity contribution in [2.45, 2.75) is 46.5 Å². The number of hydrogen-bond acceptors (Lipinski definition) is 5. The summed E-state index contributed by atoms with van der Waals surface area (Å²) >= 11 is 0. The van der Waals surface area contributed by atoms with Crippen LogP contribution in [0.25, 0.3) is 0 Å². The standard InChI is InChI=1S/C17H24O5/c1-5-22-15(20)17-9-6-11(2)10-12(17)16(3,14(19)21-4)8-7-13(17)18/h6,12H,5,7-10H2,1-4H3/t12-,16+,17+/m0/s1. The molecule has 2 aliphatic carbocycles. The lowest BCUT2D eigenvalue weighted by atomic mass is 9.50. The van der Waals surface area contributed by atoms with Crippen molar-refractivity contribution in [3.63, 3.8) is 0 Å². The zero-order valence-electron chi connectivity index (χ0n) is 13.7. The Bertz CT molecular complexity index is 535. The summed E-state index contributed by atoms with van der Waals surface area (Å²) in [5.74, 6) is -1.37. The van der Waals surface area contributed by atoms with Gasteiger partial charge in [-0.1, -0.05) is 11.6 Å². The van der Waals surface area contributed by atoms with Crippen LogP contribution in [0, 0.1) is 16.7 Å². The molecule has 0 N–H and O–H groups in total. The molecule has 0 aromatic carbocycles. The highest BCUT2D eigenvalue weighted by Gasteiger charge is 2.64. The van der Waals surface area contributed by atoms with Gasteiger partial charge in [-0.2, -0.15) is 0 Å². The van der Waals surface area contributed by atoms with Gasteiger partial charge >= 0.3 is 11.9 Å². The molecule has 0 aromatic rings. The van der Waals surface area contributed by atoms with Crippen LogP contribution in [0.15, 0.2) is 11.6 Å². The summed E-state index contributed by atoms with van der Waals surface area (Å²) < 4.78 is 10.2. The number of carbonyl (C=O) groups is 3. The van der Waals surface area contributed by atoms with Crippen LogP contribution in [0.3, 0.4) is 0 Å². The molecule has 1 saturated carbocycles. The van der Waals surface area contributed by atoms with Crippen LogP contribution in [-0.2, 0) is 23.9 Å². The number of ether oxygens (including phenoxy) is 2. The predicted octanol–water partition coefficient (Wildman–Crippen LogP) is 2.43. The number of allylic oxidation sites excluding steroid dienone is 2. The monoisotopic (exact) mass is 308 g/mol. The van der Waals surface area contributed by atoms with Crippen LogP contribution in [0.1, 0.15) is 46.5 Å². The fraction of sp³-hybridized carbons (Fsp3) is 0.706. The molecule has 3 atom stereocenters. The summed E-state index contributed by atoms with van der Waals surface area (Å²) in [7, 11) is 1.35. The van der Waals surface area contributed by atoms with Crippen molar-refractivity contribution in [1.82, 2.24) is 0 Å². The van der Waals surface area contributed by atoms with Crippen molar-refractivity contribution in [2.75, 3.05) is 13.7 Å². The molecule has 122 valence electrons. The molecule has 0 saturated heterocycles. The van der Waals surface area contributed by atoms with E-state index in [1.807, 2.05) is 19.9 Å². The molecule has 22 heavy (non-hydrogen) atoms. The molecule has 5 heteroatoms. The van der Waals surface area contributed by atoms with Gasteiger partial charge in [0.05, 0.1) is 19.1 Å². The number of Topliss-reactive ketones (excluding diaryl/α,β-unsaturated/α-hetero) is 1. The van der Waals surface area contributed by atoms with Gasteiger partial charge in [-0.05, 0) is 40.0 Å². The third-order valence-corrected chi connectivity index (χ3v) is 5.32. The van der Waals surface area contributed by atoms with Gasteiger partial charge in [0, 0.05) is 12.3 Å². The van der Waals surface area contributed by atoms with Gasteiger partial charge in [-0.3, -0.25) is 14.4 Å². The largest absolute Gasteiger partial charge is 0.469 e. The van der Waals surface area contributed by atoms with Crippen LogP contribution < -0.4 is 0 Å². The maximum atomic E-state index is 12.7. The van der Waals surface area contributed by atoms with Crippen LogP contribution >= 0.6 is 0 Å². The smallest absolute Gasteiger partial charge is 0.320 e.